The Morgan fingerprint density at radius 2 is 2.06 bits per heavy atom. The molecule has 18 heavy (non-hydrogen) atoms. The number of ether oxygens (including phenoxy) is 1. The minimum atomic E-state index is -0.476. The van der Waals surface area contributed by atoms with E-state index in [-0.39, 0.29) is 18.6 Å². The number of amides is 1. The molecule has 1 unspecified atom stereocenters. The van der Waals surface area contributed by atoms with Crippen LogP contribution in [-0.2, 0) is 4.74 Å². The summed E-state index contributed by atoms with van der Waals surface area (Å²) >= 11 is 0. The summed E-state index contributed by atoms with van der Waals surface area (Å²) in [5, 5.41) is 11.5. The van der Waals surface area contributed by atoms with Crippen molar-refractivity contribution in [2.24, 2.45) is 0 Å². The van der Waals surface area contributed by atoms with Gasteiger partial charge in [0, 0.05) is 11.7 Å². The quantitative estimate of drug-likeness (QED) is 0.683. The molecule has 0 aromatic carbocycles. The number of aliphatic hydroxyl groups is 1. The van der Waals surface area contributed by atoms with Crippen molar-refractivity contribution >= 4 is 11.9 Å². The first-order valence-corrected chi connectivity index (χ1v) is 5.61. The summed E-state index contributed by atoms with van der Waals surface area (Å²) in [7, 11) is 1.29. The minimum Gasteiger partial charge on any atom is -0.465 e. The number of carbonyl (C=O) groups excluding carboxylic acids is 2. The third-order valence-corrected chi connectivity index (χ3v) is 2.71. The van der Waals surface area contributed by atoms with Crippen LogP contribution in [0.4, 0.5) is 0 Å². The number of hydrogen-bond acceptors (Lipinski definition) is 4. The zero-order valence-corrected chi connectivity index (χ0v) is 11.0. The summed E-state index contributed by atoms with van der Waals surface area (Å²) < 4.78 is 4.66. The molecule has 0 spiro atoms. The molecular formula is C12H18N2O4. The summed E-state index contributed by atoms with van der Waals surface area (Å²) in [6, 6.07) is -0.345. The maximum Gasteiger partial charge on any atom is 0.339 e. The van der Waals surface area contributed by atoms with E-state index in [9.17, 15) is 9.59 Å². The molecule has 6 nitrogen and oxygen atoms in total. The van der Waals surface area contributed by atoms with Crippen LogP contribution in [0, 0.1) is 13.8 Å². The maximum absolute atomic E-state index is 11.9. The van der Waals surface area contributed by atoms with Crippen LogP contribution in [0.15, 0.2) is 0 Å². The highest BCUT2D eigenvalue weighted by atomic mass is 16.5. The zero-order chi connectivity index (χ0) is 13.9. The molecule has 0 radical (unpaired) electrons. The topological polar surface area (TPSA) is 91.4 Å². The second-order valence-corrected chi connectivity index (χ2v) is 4.17. The normalized spacial score (nSPS) is 12.1. The van der Waals surface area contributed by atoms with Gasteiger partial charge in [0.05, 0.1) is 19.3 Å². The van der Waals surface area contributed by atoms with Gasteiger partial charge in [-0.2, -0.15) is 0 Å². The van der Waals surface area contributed by atoms with E-state index >= 15 is 0 Å². The van der Waals surface area contributed by atoms with E-state index in [0.29, 0.717) is 22.5 Å². The average Bonchev–Trinajstić information content (AvgIpc) is 2.63. The van der Waals surface area contributed by atoms with Crippen LogP contribution in [-0.4, -0.2) is 41.7 Å². The van der Waals surface area contributed by atoms with E-state index in [1.54, 1.807) is 20.8 Å². The number of rotatable bonds is 4. The van der Waals surface area contributed by atoms with Crippen LogP contribution in [0.25, 0.3) is 0 Å². The Kier molecular flexibility index (Phi) is 4.49. The lowest BCUT2D eigenvalue weighted by Crippen LogP contribution is -2.35. The number of aromatic amines is 1. The zero-order valence-electron chi connectivity index (χ0n) is 11.0. The molecule has 0 aliphatic heterocycles. The molecule has 0 fully saturated rings. The predicted octanol–water partition coefficient (Wildman–Crippen LogP) is 0.529. The molecule has 0 aliphatic rings. The first-order valence-electron chi connectivity index (χ1n) is 5.61. The number of nitrogens with one attached hydrogen (secondary N) is 2. The van der Waals surface area contributed by atoms with Gasteiger partial charge in [-0.25, -0.2) is 4.79 Å². The molecule has 1 amide bonds. The number of aryl methyl sites for hydroxylation is 1. The Morgan fingerprint density at radius 1 is 1.44 bits per heavy atom. The van der Waals surface area contributed by atoms with Gasteiger partial charge in [0.15, 0.2) is 0 Å². The third kappa shape index (κ3) is 2.70. The molecule has 1 heterocycles. The number of aliphatic hydroxyl groups excluding tert-OH is 1. The first-order chi connectivity index (χ1) is 8.42. The predicted molar refractivity (Wildman–Crippen MR) is 65.6 cm³/mol. The van der Waals surface area contributed by atoms with Crippen LogP contribution in [0.3, 0.4) is 0 Å². The van der Waals surface area contributed by atoms with Crippen molar-refractivity contribution in [3.05, 3.63) is 22.5 Å². The fourth-order valence-electron chi connectivity index (χ4n) is 1.73. The van der Waals surface area contributed by atoms with Crippen LogP contribution in [0.2, 0.25) is 0 Å². The Morgan fingerprint density at radius 3 is 2.56 bits per heavy atom. The highest BCUT2D eigenvalue weighted by Crippen LogP contribution is 2.18. The van der Waals surface area contributed by atoms with Crippen LogP contribution >= 0.6 is 0 Å². The van der Waals surface area contributed by atoms with Crippen molar-refractivity contribution in [1.29, 1.82) is 0 Å². The van der Waals surface area contributed by atoms with Gasteiger partial charge in [-0.05, 0) is 26.3 Å². The molecule has 1 aromatic heterocycles. The van der Waals surface area contributed by atoms with Crippen LogP contribution in [0.1, 0.15) is 39.0 Å². The van der Waals surface area contributed by atoms with Gasteiger partial charge >= 0.3 is 5.97 Å². The molecule has 0 bridgehead atoms. The van der Waals surface area contributed by atoms with Crippen molar-refractivity contribution in [2.45, 2.75) is 26.8 Å². The third-order valence-electron chi connectivity index (χ3n) is 2.71. The summed E-state index contributed by atoms with van der Waals surface area (Å²) in [4.78, 5) is 26.3. The summed E-state index contributed by atoms with van der Waals surface area (Å²) in [6.45, 7) is 4.92. The van der Waals surface area contributed by atoms with Crippen molar-refractivity contribution in [2.75, 3.05) is 13.7 Å². The second kappa shape index (κ2) is 5.68. The summed E-state index contributed by atoms with van der Waals surface area (Å²) in [5.41, 5.74) is 1.82. The SMILES string of the molecule is COC(=O)c1c(C)[nH]c(C(=O)NC(C)CO)c1C. The van der Waals surface area contributed by atoms with Crippen molar-refractivity contribution < 1.29 is 19.4 Å². The van der Waals surface area contributed by atoms with E-state index in [0.717, 1.165) is 0 Å². The van der Waals surface area contributed by atoms with E-state index in [2.05, 4.69) is 15.0 Å². The number of hydrogen-bond donors (Lipinski definition) is 3. The lowest BCUT2D eigenvalue weighted by atomic mass is 10.1. The molecule has 0 aliphatic carbocycles. The smallest absolute Gasteiger partial charge is 0.339 e. The van der Waals surface area contributed by atoms with E-state index in [4.69, 9.17) is 5.11 Å². The van der Waals surface area contributed by atoms with E-state index in [1.807, 2.05) is 0 Å². The second-order valence-electron chi connectivity index (χ2n) is 4.17. The summed E-state index contributed by atoms with van der Waals surface area (Å²) in [5.74, 6) is -0.831. The van der Waals surface area contributed by atoms with Crippen molar-refractivity contribution in [3.63, 3.8) is 0 Å². The van der Waals surface area contributed by atoms with Crippen LogP contribution in [0.5, 0.6) is 0 Å². The Hall–Kier alpha value is -1.82. The number of H-pyrrole nitrogens is 1. The standard InChI is InChI=1S/C12H18N2O4/c1-6(5-15)13-11(16)10-7(2)9(8(3)14-10)12(17)18-4/h6,14-15H,5H2,1-4H3,(H,13,16). The van der Waals surface area contributed by atoms with Crippen molar-refractivity contribution in [3.8, 4) is 0 Å². The van der Waals surface area contributed by atoms with Gasteiger partial charge in [0.2, 0.25) is 0 Å². The lowest BCUT2D eigenvalue weighted by molar-refractivity contribution is 0.0599. The average molecular weight is 254 g/mol. The van der Waals surface area contributed by atoms with E-state index in [1.165, 1.54) is 7.11 Å². The minimum absolute atomic E-state index is 0.145. The molecule has 100 valence electrons. The molecule has 3 N–H and O–H groups in total. The Labute approximate surface area is 105 Å². The number of esters is 1. The Bertz CT molecular complexity index is 465. The largest absolute Gasteiger partial charge is 0.465 e. The Balaban J connectivity index is 3.05. The molecule has 0 saturated carbocycles. The monoisotopic (exact) mass is 254 g/mol. The molecular weight excluding hydrogens is 236 g/mol. The van der Waals surface area contributed by atoms with Crippen LogP contribution < -0.4 is 5.32 Å². The summed E-state index contributed by atoms with van der Waals surface area (Å²) in [6.07, 6.45) is 0. The van der Waals surface area contributed by atoms with Crippen molar-refractivity contribution in [1.82, 2.24) is 10.3 Å². The highest BCUT2D eigenvalue weighted by molar-refractivity contribution is 6.00. The highest BCUT2D eigenvalue weighted by Gasteiger charge is 2.22. The van der Waals surface area contributed by atoms with E-state index < -0.39 is 5.97 Å². The number of carbonyl (C=O) groups is 2. The molecule has 1 atom stereocenters. The van der Waals surface area contributed by atoms with Gasteiger partial charge < -0.3 is 20.1 Å². The molecule has 0 saturated heterocycles. The van der Waals surface area contributed by atoms with Gasteiger partial charge in [-0.1, -0.05) is 0 Å². The molecule has 1 rings (SSSR count). The molecule has 6 heteroatoms. The number of aromatic nitrogens is 1. The maximum atomic E-state index is 11.9. The number of methoxy groups -OCH3 is 1. The van der Waals surface area contributed by atoms with Gasteiger partial charge in [-0.15, -0.1) is 0 Å². The molecule has 1 aromatic rings. The fourth-order valence-corrected chi connectivity index (χ4v) is 1.73. The fraction of sp³-hybridized carbons (Fsp3) is 0.500. The van der Waals surface area contributed by atoms with Gasteiger partial charge in [0.25, 0.3) is 5.91 Å². The lowest BCUT2D eigenvalue weighted by Gasteiger charge is -2.10. The van der Waals surface area contributed by atoms with Gasteiger partial charge in [0.1, 0.15) is 5.69 Å². The first kappa shape index (κ1) is 14.2. The van der Waals surface area contributed by atoms with Gasteiger partial charge in [-0.3, -0.25) is 4.79 Å².